The number of Topliss-reactive ketones (excluding diaryl/α,β-unsaturated/α-hetero) is 1. The third-order valence-corrected chi connectivity index (χ3v) is 4.07. The van der Waals surface area contributed by atoms with Gasteiger partial charge in [0.2, 0.25) is 0 Å². The molecule has 0 aliphatic carbocycles. The lowest BCUT2D eigenvalue weighted by molar-refractivity contribution is -0.133. The SMILES string of the molecule is CCc1ccc2c(c1)C(O)(CC(=O)c1ccccc1)C(=O)N2. The van der Waals surface area contributed by atoms with Crippen molar-refractivity contribution in [2.45, 2.75) is 25.4 Å². The number of carbonyl (C=O) groups excluding carboxylic acids is 2. The molecular weight excluding hydrogens is 278 g/mol. The Morgan fingerprint density at radius 2 is 1.91 bits per heavy atom. The molecule has 1 aliphatic heterocycles. The maximum atomic E-state index is 12.4. The van der Waals surface area contributed by atoms with Crippen LogP contribution in [0.25, 0.3) is 0 Å². The maximum Gasteiger partial charge on any atom is 0.261 e. The molecule has 112 valence electrons. The first kappa shape index (κ1) is 14.5. The summed E-state index contributed by atoms with van der Waals surface area (Å²) < 4.78 is 0. The molecule has 3 rings (SSSR count). The molecule has 1 aliphatic rings. The Morgan fingerprint density at radius 1 is 1.18 bits per heavy atom. The van der Waals surface area contributed by atoms with Crippen LogP contribution in [0.1, 0.15) is 34.8 Å². The highest BCUT2D eigenvalue weighted by Gasteiger charge is 2.46. The van der Waals surface area contributed by atoms with E-state index < -0.39 is 11.5 Å². The van der Waals surface area contributed by atoms with E-state index in [4.69, 9.17) is 0 Å². The number of aliphatic hydroxyl groups is 1. The molecule has 0 radical (unpaired) electrons. The number of amides is 1. The van der Waals surface area contributed by atoms with Gasteiger partial charge in [-0.05, 0) is 18.1 Å². The van der Waals surface area contributed by atoms with Gasteiger partial charge in [-0.2, -0.15) is 0 Å². The molecule has 0 saturated heterocycles. The Balaban J connectivity index is 1.96. The summed E-state index contributed by atoms with van der Waals surface area (Å²) in [4.78, 5) is 24.6. The zero-order chi connectivity index (χ0) is 15.7. The van der Waals surface area contributed by atoms with Crippen LogP contribution in [0.2, 0.25) is 0 Å². The number of rotatable bonds is 4. The number of hydrogen-bond donors (Lipinski definition) is 2. The highest BCUT2D eigenvalue weighted by Crippen LogP contribution is 2.39. The molecule has 4 nitrogen and oxygen atoms in total. The second-order valence-electron chi connectivity index (χ2n) is 5.51. The molecule has 0 aromatic heterocycles. The fraction of sp³-hybridized carbons (Fsp3) is 0.222. The van der Waals surface area contributed by atoms with E-state index >= 15 is 0 Å². The lowest BCUT2D eigenvalue weighted by Crippen LogP contribution is -2.36. The van der Waals surface area contributed by atoms with Crippen LogP contribution in [0.4, 0.5) is 5.69 Å². The van der Waals surface area contributed by atoms with Gasteiger partial charge >= 0.3 is 0 Å². The topological polar surface area (TPSA) is 66.4 Å². The van der Waals surface area contributed by atoms with E-state index in [1.165, 1.54) is 0 Å². The highest BCUT2D eigenvalue weighted by molar-refractivity contribution is 6.09. The van der Waals surface area contributed by atoms with Crippen molar-refractivity contribution >= 4 is 17.4 Å². The van der Waals surface area contributed by atoms with Gasteiger partial charge in [0, 0.05) is 16.8 Å². The average Bonchev–Trinajstić information content (AvgIpc) is 2.79. The van der Waals surface area contributed by atoms with Crippen LogP contribution in [0.15, 0.2) is 48.5 Å². The van der Waals surface area contributed by atoms with Gasteiger partial charge in [-0.1, -0.05) is 49.4 Å². The molecule has 1 unspecified atom stereocenters. The molecule has 2 N–H and O–H groups in total. The third kappa shape index (κ3) is 2.31. The number of fused-ring (bicyclic) bond motifs is 1. The zero-order valence-electron chi connectivity index (χ0n) is 12.3. The van der Waals surface area contributed by atoms with Gasteiger partial charge in [0.05, 0.1) is 6.42 Å². The summed E-state index contributed by atoms with van der Waals surface area (Å²) >= 11 is 0. The lowest BCUT2D eigenvalue weighted by atomic mass is 9.87. The van der Waals surface area contributed by atoms with Gasteiger partial charge in [0.25, 0.3) is 5.91 Å². The second-order valence-corrected chi connectivity index (χ2v) is 5.51. The largest absolute Gasteiger partial charge is 0.375 e. The van der Waals surface area contributed by atoms with Crippen LogP contribution < -0.4 is 5.32 Å². The fourth-order valence-corrected chi connectivity index (χ4v) is 2.74. The van der Waals surface area contributed by atoms with Gasteiger partial charge in [-0.3, -0.25) is 9.59 Å². The molecular formula is C18H17NO3. The minimum atomic E-state index is -1.80. The summed E-state index contributed by atoms with van der Waals surface area (Å²) in [6.45, 7) is 2.00. The first-order chi connectivity index (χ1) is 10.5. The van der Waals surface area contributed by atoms with E-state index in [9.17, 15) is 14.7 Å². The normalized spacial score (nSPS) is 19.6. The molecule has 0 fully saturated rings. The van der Waals surface area contributed by atoms with Crippen molar-refractivity contribution in [2.75, 3.05) is 5.32 Å². The molecule has 4 heteroatoms. The van der Waals surface area contributed by atoms with Crippen molar-refractivity contribution in [3.8, 4) is 0 Å². The average molecular weight is 295 g/mol. The minimum absolute atomic E-state index is 0.256. The lowest BCUT2D eigenvalue weighted by Gasteiger charge is -2.20. The number of nitrogens with one attached hydrogen (secondary N) is 1. The van der Waals surface area contributed by atoms with E-state index in [1.54, 1.807) is 36.4 Å². The van der Waals surface area contributed by atoms with Gasteiger partial charge in [0.1, 0.15) is 0 Å². The number of ketones is 1. The van der Waals surface area contributed by atoms with Gasteiger partial charge in [-0.15, -0.1) is 0 Å². The first-order valence-electron chi connectivity index (χ1n) is 7.30. The van der Waals surface area contributed by atoms with Crippen molar-refractivity contribution < 1.29 is 14.7 Å². The summed E-state index contributed by atoms with van der Waals surface area (Å²) in [5.41, 5.74) is 0.768. The zero-order valence-corrected chi connectivity index (χ0v) is 12.3. The minimum Gasteiger partial charge on any atom is -0.375 e. The van der Waals surface area contributed by atoms with Crippen LogP contribution in [-0.2, 0) is 16.8 Å². The third-order valence-electron chi connectivity index (χ3n) is 4.07. The monoisotopic (exact) mass is 295 g/mol. The van der Waals surface area contributed by atoms with Gasteiger partial charge in [0.15, 0.2) is 11.4 Å². The highest BCUT2D eigenvalue weighted by atomic mass is 16.3. The molecule has 0 spiro atoms. The first-order valence-corrected chi connectivity index (χ1v) is 7.30. The van der Waals surface area contributed by atoms with E-state index in [-0.39, 0.29) is 12.2 Å². The Morgan fingerprint density at radius 3 is 2.59 bits per heavy atom. The molecule has 1 amide bonds. The summed E-state index contributed by atoms with van der Waals surface area (Å²) in [5, 5.41) is 13.5. The van der Waals surface area contributed by atoms with Crippen molar-refractivity contribution in [3.05, 3.63) is 65.2 Å². The Kier molecular flexibility index (Phi) is 3.54. The van der Waals surface area contributed by atoms with Gasteiger partial charge in [-0.25, -0.2) is 0 Å². The molecule has 1 heterocycles. The van der Waals surface area contributed by atoms with Crippen LogP contribution in [-0.4, -0.2) is 16.8 Å². The van der Waals surface area contributed by atoms with E-state index in [1.807, 2.05) is 19.1 Å². The van der Waals surface area contributed by atoms with E-state index in [0.717, 1.165) is 12.0 Å². The smallest absolute Gasteiger partial charge is 0.261 e. The molecule has 2 aromatic rings. The molecule has 2 aromatic carbocycles. The fourth-order valence-electron chi connectivity index (χ4n) is 2.74. The van der Waals surface area contributed by atoms with E-state index in [2.05, 4.69) is 5.32 Å². The number of anilines is 1. The van der Waals surface area contributed by atoms with Crippen LogP contribution >= 0.6 is 0 Å². The number of aryl methyl sites for hydroxylation is 1. The second kappa shape index (κ2) is 5.39. The van der Waals surface area contributed by atoms with Crippen molar-refractivity contribution in [1.82, 2.24) is 0 Å². The number of benzene rings is 2. The molecule has 22 heavy (non-hydrogen) atoms. The van der Waals surface area contributed by atoms with Crippen molar-refractivity contribution in [1.29, 1.82) is 0 Å². The Hall–Kier alpha value is -2.46. The Bertz CT molecular complexity index is 739. The maximum absolute atomic E-state index is 12.4. The quantitative estimate of drug-likeness (QED) is 0.852. The van der Waals surface area contributed by atoms with Crippen molar-refractivity contribution in [2.24, 2.45) is 0 Å². The predicted molar refractivity (Wildman–Crippen MR) is 83.7 cm³/mol. The number of carbonyl (C=O) groups is 2. The summed E-state index contributed by atoms with van der Waals surface area (Å²) in [6.07, 6.45) is 0.535. The summed E-state index contributed by atoms with van der Waals surface area (Å²) in [7, 11) is 0. The summed E-state index contributed by atoms with van der Waals surface area (Å²) in [6, 6.07) is 14.2. The summed E-state index contributed by atoms with van der Waals surface area (Å²) in [5.74, 6) is -0.798. The van der Waals surface area contributed by atoms with Gasteiger partial charge < -0.3 is 10.4 Å². The Labute approximate surface area is 128 Å². The molecule has 1 atom stereocenters. The van der Waals surface area contributed by atoms with E-state index in [0.29, 0.717) is 16.8 Å². The standard InChI is InChI=1S/C18H17NO3/c1-2-12-8-9-15-14(10-12)18(22,17(21)19-15)11-16(20)13-6-4-3-5-7-13/h3-10,22H,2,11H2,1H3,(H,19,21). The predicted octanol–water partition coefficient (Wildman–Crippen LogP) is 2.66. The van der Waals surface area contributed by atoms with Crippen LogP contribution in [0.5, 0.6) is 0 Å². The van der Waals surface area contributed by atoms with Crippen molar-refractivity contribution in [3.63, 3.8) is 0 Å². The molecule has 0 saturated carbocycles. The molecule has 0 bridgehead atoms. The van der Waals surface area contributed by atoms with Crippen LogP contribution in [0.3, 0.4) is 0 Å². The van der Waals surface area contributed by atoms with Crippen LogP contribution in [0, 0.1) is 0 Å². The number of hydrogen-bond acceptors (Lipinski definition) is 3.